The van der Waals surface area contributed by atoms with Gasteiger partial charge in [0.25, 0.3) is 0 Å². The molecule has 84 valence electrons. The lowest BCUT2D eigenvalue weighted by atomic mass is 10.1. The fourth-order valence-electron chi connectivity index (χ4n) is 1.06. The van der Waals surface area contributed by atoms with E-state index in [1.165, 1.54) is 18.4 Å². The van der Waals surface area contributed by atoms with E-state index in [1.54, 1.807) is 6.20 Å². The Labute approximate surface area is 102 Å². The van der Waals surface area contributed by atoms with Crippen LogP contribution in [0, 0.1) is 5.92 Å². The molecular weight excluding hydrogens is 278 g/mol. The Hall–Kier alpha value is -0.420. The Bertz CT molecular complexity index is 340. The lowest BCUT2D eigenvalue weighted by Gasteiger charge is -2.12. The van der Waals surface area contributed by atoms with Crippen molar-refractivity contribution in [2.45, 2.75) is 25.1 Å². The van der Waals surface area contributed by atoms with Gasteiger partial charge in [-0.15, -0.1) is 11.3 Å². The Kier molecular flexibility index (Phi) is 4.73. The van der Waals surface area contributed by atoms with Crippen molar-refractivity contribution >= 4 is 33.2 Å². The molecule has 0 aliphatic heterocycles. The third-order valence-electron chi connectivity index (χ3n) is 2.29. The molecule has 1 heterocycles. The van der Waals surface area contributed by atoms with Gasteiger partial charge in [0.15, 0.2) is 0 Å². The number of nitrogens with zero attached hydrogens (tertiary/aromatic N) is 1. The Morgan fingerprint density at radius 3 is 2.93 bits per heavy atom. The zero-order valence-corrected chi connectivity index (χ0v) is 11.4. The van der Waals surface area contributed by atoms with Crippen molar-refractivity contribution in [3.63, 3.8) is 0 Å². The van der Waals surface area contributed by atoms with Gasteiger partial charge in [0.05, 0.1) is 18.1 Å². The minimum Gasteiger partial charge on any atom is -0.465 e. The van der Waals surface area contributed by atoms with Crippen molar-refractivity contribution in [3.05, 3.63) is 16.1 Å². The molecule has 1 aromatic heterocycles. The van der Waals surface area contributed by atoms with Crippen molar-refractivity contribution < 1.29 is 9.53 Å². The van der Waals surface area contributed by atoms with E-state index in [9.17, 15) is 4.79 Å². The molecule has 0 aromatic carbocycles. The van der Waals surface area contributed by atoms with Crippen LogP contribution >= 0.6 is 27.3 Å². The average molecular weight is 292 g/mol. The Morgan fingerprint density at radius 1 is 1.73 bits per heavy atom. The highest BCUT2D eigenvalue weighted by Crippen LogP contribution is 2.35. The van der Waals surface area contributed by atoms with Crippen LogP contribution in [0.1, 0.15) is 39.8 Å². The van der Waals surface area contributed by atoms with Crippen LogP contribution in [0.2, 0.25) is 0 Å². The number of esters is 1. The van der Waals surface area contributed by atoms with E-state index in [1.807, 2.05) is 0 Å². The number of carbonyl (C=O) groups excluding carboxylic acids is 1. The van der Waals surface area contributed by atoms with Crippen LogP contribution in [0.15, 0.2) is 6.20 Å². The molecule has 0 aliphatic rings. The molecule has 0 aliphatic carbocycles. The Balaban J connectivity index is 2.79. The number of thiazole rings is 1. The van der Waals surface area contributed by atoms with Crippen molar-refractivity contribution in [1.82, 2.24) is 4.98 Å². The molecule has 2 unspecified atom stereocenters. The summed E-state index contributed by atoms with van der Waals surface area (Å²) in [6, 6.07) is 0. The first-order valence-electron chi connectivity index (χ1n) is 4.78. The summed E-state index contributed by atoms with van der Waals surface area (Å²) in [6.45, 7) is 4.28. The van der Waals surface area contributed by atoms with Crippen molar-refractivity contribution in [2.75, 3.05) is 7.11 Å². The highest BCUT2D eigenvalue weighted by molar-refractivity contribution is 9.09. The van der Waals surface area contributed by atoms with Crippen LogP contribution in [0.4, 0.5) is 0 Å². The lowest BCUT2D eigenvalue weighted by molar-refractivity contribution is 0.0606. The largest absolute Gasteiger partial charge is 0.465 e. The van der Waals surface area contributed by atoms with Gasteiger partial charge < -0.3 is 4.74 Å². The second-order valence-corrected chi connectivity index (χ2v) is 5.39. The quantitative estimate of drug-likeness (QED) is 0.630. The highest BCUT2D eigenvalue weighted by atomic mass is 79.9. The highest BCUT2D eigenvalue weighted by Gasteiger charge is 2.20. The zero-order valence-electron chi connectivity index (χ0n) is 8.99. The summed E-state index contributed by atoms with van der Waals surface area (Å²) in [4.78, 5) is 16.2. The zero-order chi connectivity index (χ0) is 11.4. The van der Waals surface area contributed by atoms with Crippen LogP contribution in [0.3, 0.4) is 0 Å². The summed E-state index contributed by atoms with van der Waals surface area (Å²) in [5.74, 6) is 0.184. The number of halogens is 1. The van der Waals surface area contributed by atoms with Gasteiger partial charge in [-0.1, -0.05) is 36.2 Å². The van der Waals surface area contributed by atoms with Gasteiger partial charge in [0.2, 0.25) is 0 Å². The normalized spacial score (nSPS) is 14.7. The topological polar surface area (TPSA) is 39.2 Å². The maximum atomic E-state index is 11.2. The van der Waals surface area contributed by atoms with Crippen LogP contribution in [0.5, 0.6) is 0 Å². The third kappa shape index (κ3) is 3.01. The van der Waals surface area contributed by atoms with E-state index in [0.717, 1.165) is 11.4 Å². The number of methoxy groups -OCH3 is 1. The van der Waals surface area contributed by atoms with E-state index in [-0.39, 0.29) is 10.8 Å². The predicted octanol–water partition coefficient (Wildman–Crippen LogP) is 3.41. The molecule has 0 spiro atoms. The molecular formula is C10H14BrNO2S. The fourth-order valence-corrected chi connectivity index (χ4v) is 2.78. The maximum absolute atomic E-state index is 11.2. The van der Waals surface area contributed by atoms with Crippen LogP contribution < -0.4 is 0 Å². The van der Waals surface area contributed by atoms with Crippen molar-refractivity contribution in [1.29, 1.82) is 0 Å². The number of ether oxygens (including phenoxy) is 1. The molecule has 0 saturated heterocycles. The van der Waals surface area contributed by atoms with Gasteiger partial charge in [-0.05, 0) is 5.92 Å². The number of hydrogen-bond acceptors (Lipinski definition) is 4. The smallest absolute Gasteiger partial charge is 0.349 e. The molecule has 15 heavy (non-hydrogen) atoms. The Morgan fingerprint density at radius 2 is 2.40 bits per heavy atom. The van der Waals surface area contributed by atoms with Crippen LogP contribution in [-0.2, 0) is 4.74 Å². The second-order valence-electron chi connectivity index (χ2n) is 3.34. The maximum Gasteiger partial charge on any atom is 0.349 e. The van der Waals surface area contributed by atoms with E-state index < -0.39 is 0 Å². The first-order chi connectivity index (χ1) is 7.10. The summed E-state index contributed by atoms with van der Waals surface area (Å²) in [7, 11) is 1.38. The molecule has 1 rings (SSSR count). The molecule has 0 amide bonds. The van der Waals surface area contributed by atoms with E-state index in [4.69, 9.17) is 0 Å². The van der Waals surface area contributed by atoms with Crippen LogP contribution in [-0.4, -0.2) is 18.1 Å². The van der Waals surface area contributed by atoms with Crippen LogP contribution in [0.25, 0.3) is 0 Å². The SMILES string of the molecule is CCC(C)C(Br)c1ncc(C(=O)OC)s1. The summed E-state index contributed by atoms with van der Waals surface area (Å²) in [5, 5.41) is 0.935. The van der Waals surface area contributed by atoms with E-state index in [0.29, 0.717) is 10.8 Å². The predicted molar refractivity (Wildman–Crippen MR) is 64.6 cm³/mol. The van der Waals surface area contributed by atoms with Gasteiger partial charge in [0, 0.05) is 0 Å². The van der Waals surface area contributed by atoms with Gasteiger partial charge in [-0.25, -0.2) is 9.78 Å². The van der Waals surface area contributed by atoms with E-state index >= 15 is 0 Å². The molecule has 0 radical (unpaired) electrons. The molecule has 0 saturated carbocycles. The third-order valence-corrected chi connectivity index (χ3v) is 4.99. The van der Waals surface area contributed by atoms with Gasteiger partial charge in [-0.2, -0.15) is 0 Å². The molecule has 3 nitrogen and oxygen atoms in total. The average Bonchev–Trinajstić information content (AvgIpc) is 2.75. The van der Waals surface area contributed by atoms with Gasteiger partial charge in [-0.3, -0.25) is 0 Å². The lowest BCUT2D eigenvalue weighted by Crippen LogP contribution is -2.01. The molecule has 2 atom stereocenters. The minimum absolute atomic E-state index is 0.214. The van der Waals surface area contributed by atoms with E-state index in [2.05, 4.69) is 39.5 Å². The number of carbonyl (C=O) groups is 1. The monoisotopic (exact) mass is 291 g/mol. The summed E-state index contributed by atoms with van der Waals surface area (Å²) >= 11 is 4.98. The fraction of sp³-hybridized carbons (Fsp3) is 0.600. The van der Waals surface area contributed by atoms with Gasteiger partial charge >= 0.3 is 5.97 Å². The number of hydrogen-bond donors (Lipinski definition) is 0. The summed E-state index contributed by atoms with van der Waals surface area (Å²) in [5.41, 5.74) is 0. The first-order valence-corrected chi connectivity index (χ1v) is 6.51. The molecule has 5 heteroatoms. The minimum atomic E-state index is -0.317. The number of alkyl halides is 1. The number of aromatic nitrogens is 1. The standard InChI is InChI=1S/C10H14BrNO2S/c1-4-6(2)8(11)9-12-5-7(15-9)10(13)14-3/h5-6,8H,4H2,1-3H3. The second kappa shape index (κ2) is 5.61. The molecule has 0 fully saturated rings. The molecule has 0 bridgehead atoms. The molecule has 1 aromatic rings. The summed E-state index contributed by atoms with van der Waals surface area (Å²) < 4.78 is 4.63. The van der Waals surface area contributed by atoms with Crippen molar-refractivity contribution in [2.24, 2.45) is 5.92 Å². The number of rotatable bonds is 4. The molecule has 0 N–H and O–H groups in total. The van der Waals surface area contributed by atoms with Crippen molar-refractivity contribution in [3.8, 4) is 0 Å². The summed E-state index contributed by atoms with van der Waals surface area (Å²) in [6.07, 6.45) is 2.64. The van der Waals surface area contributed by atoms with Gasteiger partial charge in [0.1, 0.15) is 9.88 Å². The first kappa shape index (κ1) is 12.6.